The quantitative estimate of drug-likeness (QED) is 0.761. The highest BCUT2D eigenvalue weighted by atomic mass is 16.2. The van der Waals surface area contributed by atoms with E-state index >= 15 is 0 Å². The number of hydrogen-bond donors (Lipinski definition) is 1. The molecule has 4 heteroatoms. The van der Waals surface area contributed by atoms with Gasteiger partial charge >= 0.3 is 0 Å². The van der Waals surface area contributed by atoms with Crippen LogP contribution in [0.15, 0.2) is 30.3 Å². The zero-order valence-electron chi connectivity index (χ0n) is 11.6. The Balaban J connectivity index is 2.52. The lowest BCUT2D eigenvalue weighted by atomic mass is 10.2. The van der Waals surface area contributed by atoms with Gasteiger partial charge in [0.25, 0.3) is 0 Å². The topological polar surface area (TPSA) is 56.1 Å². The third-order valence-electron chi connectivity index (χ3n) is 2.72. The van der Waals surface area contributed by atoms with Gasteiger partial charge < -0.3 is 10.2 Å². The molecule has 1 aromatic rings. The van der Waals surface area contributed by atoms with Crippen molar-refractivity contribution < 1.29 is 4.79 Å². The first kappa shape index (κ1) is 15.2. The predicted molar refractivity (Wildman–Crippen MR) is 75.2 cm³/mol. The van der Waals surface area contributed by atoms with E-state index in [-0.39, 0.29) is 12.5 Å². The second-order valence-corrected chi connectivity index (χ2v) is 4.75. The van der Waals surface area contributed by atoms with Crippen LogP contribution in [0.25, 0.3) is 0 Å². The molecule has 102 valence electrons. The Morgan fingerprint density at radius 2 is 2.05 bits per heavy atom. The Morgan fingerprint density at radius 1 is 1.37 bits per heavy atom. The first-order chi connectivity index (χ1) is 9.13. The van der Waals surface area contributed by atoms with Crippen LogP contribution >= 0.6 is 0 Å². The zero-order chi connectivity index (χ0) is 14.1. The molecule has 4 nitrogen and oxygen atoms in total. The maximum atomic E-state index is 12.1. The van der Waals surface area contributed by atoms with Crippen molar-refractivity contribution in [3.63, 3.8) is 0 Å². The third kappa shape index (κ3) is 6.03. The van der Waals surface area contributed by atoms with Crippen molar-refractivity contribution in [1.29, 1.82) is 5.26 Å². The minimum Gasteiger partial charge on any atom is -0.325 e. The predicted octanol–water partition coefficient (Wildman–Crippen LogP) is 1.93. The highest BCUT2D eigenvalue weighted by molar-refractivity contribution is 5.76. The van der Waals surface area contributed by atoms with Gasteiger partial charge in [0.1, 0.15) is 6.54 Å². The molecular weight excluding hydrogens is 238 g/mol. The van der Waals surface area contributed by atoms with Gasteiger partial charge in [-0.25, -0.2) is 0 Å². The van der Waals surface area contributed by atoms with Gasteiger partial charge in [0.15, 0.2) is 0 Å². The van der Waals surface area contributed by atoms with E-state index in [1.807, 2.05) is 44.2 Å². The summed E-state index contributed by atoms with van der Waals surface area (Å²) in [6, 6.07) is 12.2. The normalized spacial score (nSPS) is 10.2. The van der Waals surface area contributed by atoms with Crippen molar-refractivity contribution in [1.82, 2.24) is 10.2 Å². The molecule has 0 saturated carbocycles. The summed E-state index contributed by atoms with van der Waals surface area (Å²) in [5.41, 5.74) is 1.04. The van der Waals surface area contributed by atoms with Crippen LogP contribution in [0.2, 0.25) is 0 Å². The van der Waals surface area contributed by atoms with Crippen LogP contribution in [0.3, 0.4) is 0 Å². The summed E-state index contributed by atoms with van der Waals surface area (Å²) in [6.07, 6.45) is 0.423. The highest BCUT2D eigenvalue weighted by Crippen LogP contribution is 2.05. The lowest BCUT2D eigenvalue weighted by Crippen LogP contribution is -2.34. The zero-order valence-corrected chi connectivity index (χ0v) is 11.6. The average molecular weight is 259 g/mol. The second kappa shape index (κ2) is 8.28. The Hall–Kier alpha value is -1.86. The van der Waals surface area contributed by atoms with Gasteiger partial charge in [-0.1, -0.05) is 44.2 Å². The molecule has 0 fully saturated rings. The van der Waals surface area contributed by atoms with Crippen molar-refractivity contribution in [3.05, 3.63) is 35.9 Å². The van der Waals surface area contributed by atoms with Crippen molar-refractivity contribution >= 4 is 5.91 Å². The van der Waals surface area contributed by atoms with E-state index in [9.17, 15) is 4.79 Å². The summed E-state index contributed by atoms with van der Waals surface area (Å²) in [7, 11) is 0. The summed E-state index contributed by atoms with van der Waals surface area (Å²) < 4.78 is 0. The van der Waals surface area contributed by atoms with Gasteiger partial charge in [-0.05, 0) is 5.56 Å². The first-order valence-corrected chi connectivity index (χ1v) is 6.55. The standard InChI is InChI=1S/C15H21N3O/c1-13(2)17-10-8-15(19)18(11-9-16)12-14-6-4-3-5-7-14/h3-7,13,17H,8,10-12H2,1-2H3. The van der Waals surface area contributed by atoms with E-state index < -0.39 is 0 Å². The van der Waals surface area contributed by atoms with Gasteiger partial charge in [0.2, 0.25) is 5.91 Å². The monoisotopic (exact) mass is 259 g/mol. The highest BCUT2D eigenvalue weighted by Gasteiger charge is 2.13. The number of nitrogens with one attached hydrogen (secondary N) is 1. The molecule has 0 aliphatic rings. The van der Waals surface area contributed by atoms with Crippen LogP contribution in [0, 0.1) is 11.3 Å². The van der Waals surface area contributed by atoms with Crippen LogP contribution in [0.5, 0.6) is 0 Å². The molecule has 0 radical (unpaired) electrons. The molecule has 0 saturated heterocycles. The van der Waals surface area contributed by atoms with E-state index in [0.29, 0.717) is 25.6 Å². The van der Waals surface area contributed by atoms with Gasteiger partial charge in [-0.15, -0.1) is 0 Å². The van der Waals surface area contributed by atoms with Crippen LogP contribution < -0.4 is 5.32 Å². The van der Waals surface area contributed by atoms with E-state index in [1.165, 1.54) is 0 Å². The minimum absolute atomic E-state index is 0.0125. The fourth-order valence-corrected chi connectivity index (χ4v) is 1.75. The molecular formula is C15H21N3O. The number of benzene rings is 1. The number of rotatable bonds is 7. The molecule has 1 N–H and O–H groups in total. The van der Waals surface area contributed by atoms with Crippen LogP contribution in [0.4, 0.5) is 0 Å². The van der Waals surface area contributed by atoms with Crippen molar-refractivity contribution in [2.75, 3.05) is 13.1 Å². The molecule has 0 heterocycles. The molecule has 0 spiro atoms. The fourth-order valence-electron chi connectivity index (χ4n) is 1.75. The molecule has 0 aliphatic heterocycles. The number of amides is 1. The lowest BCUT2D eigenvalue weighted by Gasteiger charge is -2.20. The van der Waals surface area contributed by atoms with Gasteiger partial charge in [-0.2, -0.15) is 5.26 Å². The number of nitriles is 1. The number of nitrogens with zero attached hydrogens (tertiary/aromatic N) is 2. The molecule has 1 aromatic carbocycles. The second-order valence-electron chi connectivity index (χ2n) is 4.75. The number of carbonyl (C=O) groups excluding carboxylic acids is 1. The SMILES string of the molecule is CC(C)NCCC(=O)N(CC#N)Cc1ccccc1. The van der Waals surface area contributed by atoms with Gasteiger partial charge in [-0.3, -0.25) is 4.79 Å². The Morgan fingerprint density at radius 3 is 2.63 bits per heavy atom. The molecule has 0 atom stereocenters. The average Bonchev–Trinajstić information content (AvgIpc) is 2.39. The molecule has 0 aromatic heterocycles. The summed E-state index contributed by atoms with van der Waals surface area (Å²) in [4.78, 5) is 13.6. The minimum atomic E-state index is 0.0125. The van der Waals surface area contributed by atoms with Crippen LogP contribution in [0.1, 0.15) is 25.8 Å². The van der Waals surface area contributed by atoms with Crippen molar-refractivity contribution in [3.8, 4) is 6.07 Å². The summed E-state index contributed by atoms with van der Waals surface area (Å²) >= 11 is 0. The largest absolute Gasteiger partial charge is 0.325 e. The first-order valence-electron chi connectivity index (χ1n) is 6.55. The van der Waals surface area contributed by atoms with Crippen molar-refractivity contribution in [2.45, 2.75) is 32.9 Å². The van der Waals surface area contributed by atoms with Gasteiger partial charge in [0.05, 0.1) is 6.07 Å². The Kier molecular flexibility index (Phi) is 6.62. The van der Waals surface area contributed by atoms with E-state index in [1.54, 1.807) is 4.90 Å². The number of carbonyl (C=O) groups is 1. The molecule has 1 rings (SSSR count). The molecule has 1 amide bonds. The molecule has 19 heavy (non-hydrogen) atoms. The summed E-state index contributed by atoms with van der Waals surface area (Å²) in [5, 5.41) is 12.0. The number of hydrogen-bond acceptors (Lipinski definition) is 3. The molecule has 0 aliphatic carbocycles. The van der Waals surface area contributed by atoms with E-state index in [4.69, 9.17) is 5.26 Å². The third-order valence-corrected chi connectivity index (χ3v) is 2.72. The van der Waals surface area contributed by atoms with E-state index in [2.05, 4.69) is 11.4 Å². The van der Waals surface area contributed by atoms with Crippen LogP contribution in [-0.2, 0) is 11.3 Å². The Bertz CT molecular complexity index is 423. The maximum Gasteiger partial charge on any atom is 0.225 e. The fraction of sp³-hybridized carbons (Fsp3) is 0.467. The lowest BCUT2D eigenvalue weighted by molar-refractivity contribution is -0.131. The molecule has 0 unspecified atom stereocenters. The summed E-state index contributed by atoms with van der Waals surface area (Å²) in [6.45, 7) is 5.36. The molecule has 0 bridgehead atoms. The van der Waals surface area contributed by atoms with Crippen LogP contribution in [-0.4, -0.2) is 29.9 Å². The maximum absolute atomic E-state index is 12.1. The Labute approximate surface area is 115 Å². The van der Waals surface area contributed by atoms with Gasteiger partial charge in [0, 0.05) is 25.6 Å². The van der Waals surface area contributed by atoms with E-state index in [0.717, 1.165) is 5.56 Å². The summed E-state index contributed by atoms with van der Waals surface area (Å²) in [5.74, 6) is 0.0125. The smallest absolute Gasteiger partial charge is 0.225 e. The van der Waals surface area contributed by atoms with Crippen molar-refractivity contribution in [2.24, 2.45) is 0 Å².